The van der Waals surface area contributed by atoms with Gasteiger partial charge in [-0.15, -0.1) is 0 Å². The fraction of sp³-hybridized carbons (Fsp3) is 0.385. The van der Waals surface area contributed by atoms with E-state index in [-0.39, 0.29) is 6.61 Å². The first-order chi connectivity index (χ1) is 7.76. The molecule has 0 aliphatic rings. The van der Waals surface area contributed by atoms with Gasteiger partial charge in [0.2, 0.25) is 0 Å². The SMILES string of the molecule is COc1c(CCCO)ccc2[nH]c(C)cc12. The molecule has 0 fully saturated rings. The number of H-pyrrole nitrogens is 1. The monoisotopic (exact) mass is 219 g/mol. The summed E-state index contributed by atoms with van der Waals surface area (Å²) in [6.45, 7) is 2.25. The van der Waals surface area contributed by atoms with E-state index in [1.807, 2.05) is 6.92 Å². The average molecular weight is 219 g/mol. The van der Waals surface area contributed by atoms with E-state index >= 15 is 0 Å². The van der Waals surface area contributed by atoms with Gasteiger partial charge in [-0.1, -0.05) is 6.07 Å². The van der Waals surface area contributed by atoms with Crippen molar-refractivity contribution in [2.75, 3.05) is 13.7 Å². The maximum atomic E-state index is 8.86. The van der Waals surface area contributed by atoms with Crippen LogP contribution < -0.4 is 4.74 Å². The van der Waals surface area contributed by atoms with Gasteiger partial charge in [0.05, 0.1) is 7.11 Å². The number of aryl methyl sites for hydroxylation is 2. The quantitative estimate of drug-likeness (QED) is 0.829. The zero-order chi connectivity index (χ0) is 11.5. The van der Waals surface area contributed by atoms with E-state index in [0.717, 1.165) is 40.8 Å². The van der Waals surface area contributed by atoms with Gasteiger partial charge in [-0.05, 0) is 37.5 Å². The van der Waals surface area contributed by atoms with Gasteiger partial charge in [0.25, 0.3) is 0 Å². The number of aromatic nitrogens is 1. The number of hydrogen-bond acceptors (Lipinski definition) is 2. The molecule has 86 valence electrons. The lowest BCUT2D eigenvalue weighted by Gasteiger charge is -2.09. The van der Waals surface area contributed by atoms with Crippen LogP contribution in [0.5, 0.6) is 5.75 Å². The van der Waals surface area contributed by atoms with Gasteiger partial charge >= 0.3 is 0 Å². The highest BCUT2D eigenvalue weighted by molar-refractivity contribution is 5.88. The lowest BCUT2D eigenvalue weighted by Crippen LogP contribution is -1.94. The summed E-state index contributed by atoms with van der Waals surface area (Å²) in [5.74, 6) is 0.926. The summed E-state index contributed by atoms with van der Waals surface area (Å²) in [7, 11) is 1.69. The normalized spacial score (nSPS) is 10.9. The molecule has 0 aliphatic heterocycles. The number of aromatic amines is 1. The molecule has 0 bridgehead atoms. The van der Waals surface area contributed by atoms with Crippen LogP contribution in [0, 0.1) is 6.92 Å². The van der Waals surface area contributed by atoms with Gasteiger partial charge in [-0.3, -0.25) is 0 Å². The van der Waals surface area contributed by atoms with Crippen molar-refractivity contribution in [3.8, 4) is 5.75 Å². The average Bonchev–Trinajstić information content (AvgIpc) is 2.65. The largest absolute Gasteiger partial charge is 0.496 e. The van der Waals surface area contributed by atoms with E-state index < -0.39 is 0 Å². The lowest BCUT2D eigenvalue weighted by molar-refractivity contribution is 0.288. The molecule has 0 spiro atoms. The third-order valence-electron chi connectivity index (χ3n) is 2.78. The van der Waals surface area contributed by atoms with Crippen LogP contribution in [0.1, 0.15) is 17.7 Å². The molecule has 0 saturated carbocycles. The zero-order valence-corrected chi connectivity index (χ0v) is 9.71. The molecule has 1 aromatic heterocycles. The van der Waals surface area contributed by atoms with Gasteiger partial charge in [0, 0.05) is 23.2 Å². The van der Waals surface area contributed by atoms with Crippen LogP contribution in [0.3, 0.4) is 0 Å². The Morgan fingerprint density at radius 1 is 1.38 bits per heavy atom. The van der Waals surface area contributed by atoms with Crippen LogP contribution >= 0.6 is 0 Å². The topological polar surface area (TPSA) is 45.2 Å². The number of aliphatic hydroxyl groups is 1. The number of rotatable bonds is 4. The summed E-state index contributed by atoms with van der Waals surface area (Å²) in [6.07, 6.45) is 1.62. The third-order valence-corrected chi connectivity index (χ3v) is 2.78. The Labute approximate surface area is 95.1 Å². The van der Waals surface area contributed by atoms with Crippen molar-refractivity contribution in [1.29, 1.82) is 0 Å². The van der Waals surface area contributed by atoms with E-state index in [9.17, 15) is 0 Å². The Morgan fingerprint density at radius 3 is 2.88 bits per heavy atom. The molecule has 1 aromatic carbocycles. The molecule has 0 unspecified atom stereocenters. The van der Waals surface area contributed by atoms with Crippen molar-refractivity contribution in [3.05, 3.63) is 29.5 Å². The van der Waals surface area contributed by atoms with Crippen LogP contribution in [0.25, 0.3) is 10.9 Å². The first-order valence-electron chi connectivity index (χ1n) is 5.52. The van der Waals surface area contributed by atoms with Crippen LogP contribution in [-0.2, 0) is 6.42 Å². The second kappa shape index (κ2) is 4.58. The van der Waals surface area contributed by atoms with E-state index in [4.69, 9.17) is 9.84 Å². The Bertz CT molecular complexity index is 488. The predicted molar refractivity (Wildman–Crippen MR) is 65.0 cm³/mol. The number of benzene rings is 1. The highest BCUT2D eigenvalue weighted by atomic mass is 16.5. The minimum Gasteiger partial charge on any atom is -0.496 e. The van der Waals surface area contributed by atoms with Gasteiger partial charge in [0.1, 0.15) is 5.75 Å². The summed E-state index contributed by atoms with van der Waals surface area (Å²) >= 11 is 0. The summed E-state index contributed by atoms with van der Waals surface area (Å²) in [5.41, 5.74) is 3.39. The van der Waals surface area contributed by atoms with Gasteiger partial charge in [-0.25, -0.2) is 0 Å². The van der Waals surface area contributed by atoms with E-state index in [2.05, 4.69) is 23.2 Å². The van der Waals surface area contributed by atoms with Crippen LogP contribution in [0.2, 0.25) is 0 Å². The molecule has 0 radical (unpaired) electrons. The Balaban J connectivity index is 2.49. The van der Waals surface area contributed by atoms with Crippen molar-refractivity contribution in [1.82, 2.24) is 4.98 Å². The summed E-state index contributed by atoms with van der Waals surface area (Å²) in [5, 5.41) is 9.98. The molecule has 0 aliphatic carbocycles. The lowest BCUT2D eigenvalue weighted by atomic mass is 10.1. The summed E-state index contributed by atoms with van der Waals surface area (Å²) in [4.78, 5) is 3.29. The van der Waals surface area contributed by atoms with E-state index in [1.54, 1.807) is 7.11 Å². The second-order valence-electron chi connectivity index (χ2n) is 4.00. The number of methoxy groups -OCH3 is 1. The van der Waals surface area contributed by atoms with Gasteiger partial charge in [0.15, 0.2) is 0 Å². The van der Waals surface area contributed by atoms with E-state index in [1.165, 1.54) is 0 Å². The minimum absolute atomic E-state index is 0.216. The standard InChI is InChI=1S/C13H17NO2/c1-9-8-11-12(14-9)6-5-10(4-3-7-15)13(11)16-2/h5-6,8,14-15H,3-4,7H2,1-2H3. The smallest absolute Gasteiger partial charge is 0.131 e. The molecule has 16 heavy (non-hydrogen) atoms. The Hall–Kier alpha value is -1.48. The molecule has 0 amide bonds. The molecular weight excluding hydrogens is 202 g/mol. The number of hydrogen-bond donors (Lipinski definition) is 2. The molecule has 2 N–H and O–H groups in total. The number of aliphatic hydroxyl groups excluding tert-OH is 1. The van der Waals surface area contributed by atoms with Gasteiger partial charge in [-0.2, -0.15) is 0 Å². The number of nitrogens with one attached hydrogen (secondary N) is 1. The maximum absolute atomic E-state index is 8.86. The van der Waals surface area contributed by atoms with Crippen LogP contribution in [0.4, 0.5) is 0 Å². The highest BCUT2D eigenvalue weighted by Crippen LogP contribution is 2.30. The molecular formula is C13H17NO2. The first kappa shape index (κ1) is 11.0. The number of fused-ring (bicyclic) bond motifs is 1. The summed E-state index contributed by atoms with van der Waals surface area (Å²) in [6, 6.07) is 6.22. The van der Waals surface area contributed by atoms with E-state index in [0.29, 0.717) is 0 Å². The fourth-order valence-electron chi connectivity index (χ4n) is 2.07. The molecule has 1 heterocycles. The fourth-order valence-corrected chi connectivity index (χ4v) is 2.07. The molecule has 0 saturated heterocycles. The van der Waals surface area contributed by atoms with Crippen molar-refractivity contribution in [2.24, 2.45) is 0 Å². The van der Waals surface area contributed by atoms with Crippen molar-refractivity contribution in [2.45, 2.75) is 19.8 Å². The van der Waals surface area contributed by atoms with Crippen molar-refractivity contribution >= 4 is 10.9 Å². The molecule has 3 heteroatoms. The second-order valence-corrected chi connectivity index (χ2v) is 4.00. The zero-order valence-electron chi connectivity index (χ0n) is 9.71. The van der Waals surface area contributed by atoms with Crippen LogP contribution in [-0.4, -0.2) is 23.8 Å². The Kier molecular flexibility index (Phi) is 3.15. The minimum atomic E-state index is 0.216. The third kappa shape index (κ3) is 1.91. The van der Waals surface area contributed by atoms with Crippen LogP contribution in [0.15, 0.2) is 18.2 Å². The van der Waals surface area contributed by atoms with Crippen molar-refractivity contribution in [3.63, 3.8) is 0 Å². The summed E-state index contributed by atoms with van der Waals surface area (Å²) < 4.78 is 5.47. The van der Waals surface area contributed by atoms with Gasteiger partial charge < -0.3 is 14.8 Å². The van der Waals surface area contributed by atoms with Crippen molar-refractivity contribution < 1.29 is 9.84 Å². The molecule has 2 aromatic rings. The molecule has 3 nitrogen and oxygen atoms in total. The highest BCUT2D eigenvalue weighted by Gasteiger charge is 2.09. The predicted octanol–water partition coefficient (Wildman–Crippen LogP) is 2.41. The first-order valence-corrected chi connectivity index (χ1v) is 5.52. The molecule has 2 rings (SSSR count). The Morgan fingerprint density at radius 2 is 2.19 bits per heavy atom. The molecule has 0 atom stereocenters. The number of ether oxygens (including phenoxy) is 1. The maximum Gasteiger partial charge on any atom is 0.131 e.